The van der Waals surface area contributed by atoms with Crippen molar-refractivity contribution in [1.29, 1.82) is 0 Å². The van der Waals surface area contributed by atoms with Crippen molar-refractivity contribution < 1.29 is 9.53 Å². The molecule has 4 heterocycles. The monoisotopic (exact) mass is 443 g/mol. The summed E-state index contributed by atoms with van der Waals surface area (Å²) < 4.78 is 5.19. The van der Waals surface area contributed by atoms with Crippen molar-refractivity contribution in [3.8, 4) is 0 Å². The second-order valence-electron chi connectivity index (χ2n) is 9.50. The van der Waals surface area contributed by atoms with Crippen molar-refractivity contribution in [2.24, 2.45) is 10.8 Å². The van der Waals surface area contributed by atoms with Gasteiger partial charge >= 0.3 is 5.97 Å². The lowest BCUT2D eigenvalue weighted by Gasteiger charge is -2.62. The first-order chi connectivity index (χ1) is 15.3. The van der Waals surface area contributed by atoms with E-state index in [1.165, 1.54) is 37.6 Å². The van der Waals surface area contributed by atoms with Crippen LogP contribution >= 0.6 is 0 Å². The fourth-order valence-electron chi connectivity index (χ4n) is 5.13. The molecule has 4 aliphatic rings. The van der Waals surface area contributed by atoms with Crippen LogP contribution in [-0.4, -0.2) is 61.1 Å². The zero-order chi connectivity index (χ0) is 23.8. The van der Waals surface area contributed by atoms with Gasteiger partial charge in [0.15, 0.2) is 0 Å². The molecule has 0 bridgehead atoms. The van der Waals surface area contributed by atoms with Gasteiger partial charge in [-0.25, -0.2) is 0 Å². The number of nitrogens with zero attached hydrogens (tertiary/aromatic N) is 2. The van der Waals surface area contributed by atoms with Crippen LogP contribution in [0.4, 0.5) is 0 Å². The Balaban J connectivity index is 0.000000224. The molecule has 1 atom stereocenters. The molecule has 1 N–H and O–H groups in total. The standard InChI is InChI=1S/C16H24N2.C9H15NO2.C2H6/c1-5-7-8-9-15(6-2)18-12-16(13-18)10-17(11-16)14(3)4;1-7-6-9(8(11)12-7)2-4-10-5-3-9;1-2/h5-9H,3,10-13H2,1-2,4H3;7,10H,2-6H2,1H3;1-2H3/b7-5-,9-8-,15-6+;;. The lowest BCUT2D eigenvalue weighted by Crippen LogP contribution is -2.70. The molecule has 32 heavy (non-hydrogen) atoms. The predicted molar refractivity (Wildman–Crippen MR) is 134 cm³/mol. The molecule has 4 saturated heterocycles. The number of hydrogen-bond donors (Lipinski definition) is 1. The minimum atomic E-state index is -0.120. The van der Waals surface area contributed by atoms with Gasteiger partial charge in [-0.1, -0.05) is 44.7 Å². The predicted octanol–water partition coefficient (Wildman–Crippen LogP) is 4.89. The Kier molecular flexibility index (Phi) is 9.63. The van der Waals surface area contributed by atoms with Crippen molar-refractivity contribution in [1.82, 2.24) is 15.1 Å². The molecule has 4 rings (SSSR count). The minimum absolute atomic E-state index is 0.0384. The number of ether oxygens (including phenoxy) is 1. The molecule has 4 aliphatic heterocycles. The number of allylic oxidation sites excluding steroid dienone is 6. The second kappa shape index (κ2) is 11.7. The molecule has 180 valence electrons. The number of likely N-dealkylation sites (tertiary alicyclic amines) is 2. The fraction of sp³-hybridized carbons (Fsp3) is 0.667. The van der Waals surface area contributed by atoms with Gasteiger partial charge in [0.2, 0.25) is 0 Å². The van der Waals surface area contributed by atoms with Gasteiger partial charge in [-0.3, -0.25) is 4.79 Å². The summed E-state index contributed by atoms with van der Waals surface area (Å²) in [5.74, 6) is 0.0384. The largest absolute Gasteiger partial charge is 0.462 e. The molecular weight excluding hydrogens is 398 g/mol. The Bertz CT molecular complexity index is 717. The van der Waals surface area contributed by atoms with E-state index in [0.29, 0.717) is 5.41 Å². The summed E-state index contributed by atoms with van der Waals surface area (Å²) in [6, 6.07) is 0. The van der Waals surface area contributed by atoms with Gasteiger partial charge in [-0.15, -0.1) is 0 Å². The maximum absolute atomic E-state index is 11.5. The topological polar surface area (TPSA) is 44.8 Å². The maximum atomic E-state index is 11.5. The van der Waals surface area contributed by atoms with E-state index in [1.54, 1.807) is 0 Å². The number of piperidine rings is 1. The highest BCUT2D eigenvalue weighted by molar-refractivity contribution is 5.79. The number of hydrogen-bond acceptors (Lipinski definition) is 5. The van der Waals surface area contributed by atoms with Crippen LogP contribution in [0.3, 0.4) is 0 Å². The summed E-state index contributed by atoms with van der Waals surface area (Å²) in [7, 11) is 0. The van der Waals surface area contributed by atoms with Gasteiger partial charge in [0.1, 0.15) is 6.10 Å². The number of carbonyl (C=O) groups excluding carboxylic acids is 1. The lowest BCUT2D eigenvalue weighted by atomic mass is 9.72. The first-order valence-electron chi connectivity index (χ1n) is 12.4. The van der Waals surface area contributed by atoms with E-state index in [1.807, 2.05) is 27.7 Å². The van der Waals surface area contributed by atoms with Crippen molar-refractivity contribution >= 4 is 5.97 Å². The third-order valence-corrected chi connectivity index (χ3v) is 6.86. The van der Waals surface area contributed by atoms with Crippen molar-refractivity contribution in [2.75, 3.05) is 39.3 Å². The van der Waals surface area contributed by atoms with E-state index < -0.39 is 0 Å². The highest BCUT2D eigenvalue weighted by Crippen LogP contribution is 2.43. The molecule has 0 amide bonds. The number of nitrogens with one attached hydrogen (secondary N) is 1. The Morgan fingerprint density at radius 3 is 2.16 bits per heavy atom. The van der Waals surface area contributed by atoms with Gasteiger partial charge in [0.25, 0.3) is 0 Å². The van der Waals surface area contributed by atoms with Crippen LogP contribution in [0.5, 0.6) is 0 Å². The minimum Gasteiger partial charge on any atom is -0.462 e. The van der Waals surface area contributed by atoms with Crippen LogP contribution in [0.15, 0.2) is 48.4 Å². The lowest BCUT2D eigenvalue weighted by molar-refractivity contribution is -0.149. The molecule has 0 aromatic rings. The Labute approximate surface area is 196 Å². The van der Waals surface area contributed by atoms with Crippen molar-refractivity contribution in [3.63, 3.8) is 0 Å². The van der Waals surface area contributed by atoms with Gasteiger partial charge in [-0.05, 0) is 59.7 Å². The third kappa shape index (κ3) is 6.06. The van der Waals surface area contributed by atoms with E-state index >= 15 is 0 Å². The molecule has 0 radical (unpaired) electrons. The zero-order valence-corrected chi connectivity index (χ0v) is 21.2. The number of esters is 1. The first-order valence-corrected chi connectivity index (χ1v) is 12.4. The van der Waals surface area contributed by atoms with E-state index in [-0.39, 0.29) is 17.5 Å². The molecule has 0 aromatic heterocycles. The molecule has 2 spiro atoms. The first kappa shape index (κ1) is 26.2. The van der Waals surface area contributed by atoms with Gasteiger partial charge in [-0.2, -0.15) is 0 Å². The van der Waals surface area contributed by atoms with E-state index in [4.69, 9.17) is 4.74 Å². The van der Waals surface area contributed by atoms with Crippen molar-refractivity contribution in [2.45, 2.75) is 66.9 Å². The maximum Gasteiger partial charge on any atom is 0.312 e. The summed E-state index contributed by atoms with van der Waals surface area (Å²) in [4.78, 5) is 16.4. The zero-order valence-electron chi connectivity index (χ0n) is 21.2. The summed E-state index contributed by atoms with van der Waals surface area (Å²) in [5.41, 5.74) is 2.97. The molecule has 4 fully saturated rings. The summed E-state index contributed by atoms with van der Waals surface area (Å²) in [6.45, 7) is 22.9. The van der Waals surface area contributed by atoms with Crippen LogP contribution in [0.1, 0.15) is 60.8 Å². The number of rotatable bonds is 4. The quantitative estimate of drug-likeness (QED) is 0.495. The fourth-order valence-corrected chi connectivity index (χ4v) is 5.13. The highest BCUT2D eigenvalue weighted by atomic mass is 16.6. The van der Waals surface area contributed by atoms with Gasteiger partial charge < -0.3 is 19.9 Å². The normalized spacial score (nSPS) is 25.6. The van der Waals surface area contributed by atoms with Crippen LogP contribution in [0.2, 0.25) is 0 Å². The summed E-state index contributed by atoms with van der Waals surface area (Å²) >= 11 is 0. The molecule has 1 unspecified atom stereocenters. The van der Waals surface area contributed by atoms with Gasteiger partial charge in [0, 0.05) is 49.4 Å². The highest BCUT2D eigenvalue weighted by Gasteiger charge is 2.51. The molecule has 5 nitrogen and oxygen atoms in total. The Hall–Kier alpha value is -2.01. The Morgan fingerprint density at radius 2 is 1.69 bits per heavy atom. The van der Waals surface area contributed by atoms with Crippen LogP contribution < -0.4 is 5.32 Å². The second-order valence-corrected chi connectivity index (χ2v) is 9.50. The SMILES string of the molecule is C=C(C)N1CC2(C1)CN(C(/C=C\C=C/C)=C/C)C2.CC.CC1CC2(CCNCC2)C(=O)O1. The smallest absolute Gasteiger partial charge is 0.312 e. The van der Waals surface area contributed by atoms with Crippen LogP contribution in [0.25, 0.3) is 0 Å². The summed E-state index contributed by atoms with van der Waals surface area (Å²) in [6.07, 6.45) is 13.6. The third-order valence-electron chi connectivity index (χ3n) is 6.86. The van der Waals surface area contributed by atoms with Crippen LogP contribution in [0, 0.1) is 10.8 Å². The van der Waals surface area contributed by atoms with E-state index in [0.717, 1.165) is 32.4 Å². The Morgan fingerprint density at radius 1 is 1.09 bits per heavy atom. The number of cyclic esters (lactones) is 1. The average Bonchev–Trinajstić information content (AvgIpc) is 2.99. The number of carbonyl (C=O) groups is 1. The molecular formula is C27H45N3O2. The summed E-state index contributed by atoms with van der Waals surface area (Å²) in [5, 5.41) is 3.26. The van der Waals surface area contributed by atoms with Crippen molar-refractivity contribution in [3.05, 3.63) is 48.4 Å². The molecule has 0 saturated carbocycles. The average molecular weight is 444 g/mol. The van der Waals surface area contributed by atoms with E-state index in [9.17, 15) is 4.79 Å². The molecule has 5 heteroatoms. The molecule has 0 aromatic carbocycles. The molecule has 0 aliphatic carbocycles. The van der Waals surface area contributed by atoms with Gasteiger partial charge in [0.05, 0.1) is 5.41 Å². The van der Waals surface area contributed by atoms with Crippen LogP contribution in [-0.2, 0) is 9.53 Å². The van der Waals surface area contributed by atoms with E-state index in [2.05, 4.69) is 65.9 Å².